The zero-order valence-electron chi connectivity index (χ0n) is 12.7. The van der Waals surface area contributed by atoms with Crippen molar-refractivity contribution in [3.05, 3.63) is 6.33 Å². The fraction of sp³-hybridized carbons (Fsp3) is 0.571. The molecule has 1 aromatic heterocycles. The summed E-state index contributed by atoms with van der Waals surface area (Å²) in [5.41, 5.74) is 0.629. The van der Waals surface area contributed by atoms with Gasteiger partial charge in [-0.2, -0.15) is 0 Å². The van der Waals surface area contributed by atoms with Crippen LogP contribution in [0.3, 0.4) is 0 Å². The lowest BCUT2D eigenvalue weighted by atomic mass is 10.0. The molecule has 3 rings (SSSR count). The molecule has 0 spiro atoms. The number of hydrogen-bond donors (Lipinski definition) is 2. The average Bonchev–Trinajstić information content (AvgIpc) is 2.55. The highest BCUT2D eigenvalue weighted by Crippen LogP contribution is 2.34. The summed E-state index contributed by atoms with van der Waals surface area (Å²) >= 11 is 1.40. The fourth-order valence-electron chi connectivity index (χ4n) is 2.63. The van der Waals surface area contributed by atoms with Crippen molar-refractivity contribution in [2.45, 2.75) is 36.4 Å². The number of nitrogens with one attached hydrogen (secondary N) is 2. The molecule has 0 radical (unpaired) electrons. The minimum absolute atomic E-state index is 0.0594. The van der Waals surface area contributed by atoms with E-state index >= 15 is 0 Å². The molecule has 9 heteroatoms. The molecule has 2 N–H and O–H groups in total. The molecule has 0 saturated carbocycles. The largest absolute Gasteiger partial charge is 0.469 e. The van der Waals surface area contributed by atoms with Gasteiger partial charge in [-0.1, -0.05) is 11.8 Å². The van der Waals surface area contributed by atoms with Crippen LogP contribution < -0.4 is 10.6 Å². The highest BCUT2D eigenvalue weighted by molar-refractivity contribution is 8.00. The number of carbonyl (C=O) groups excluding carboxylic acids is 2. The summed E-state index contributed by atoms with van der Waals surface area (Å²) in [6, 6.07) is 0.112. The van der Waals surface area contributed by atoms with Crippen molar-refractivity contribution in [1.29, 1.82) is 0 Å². The number of anilines is 2. The zero-order valence-corrected chi connectivity index (χ0v) is 13.5. The van der Waals surface area contributed by atoms with Crippen molar-refractivity contribution in [3.63, 3.8) is 0 Å². The topological polar surface area (TPSA) is 102 Å². The SMILES string of the molecule is COC(=O)CC1CC(Nc2ncnc3c2NC(=O)CS3)CCO1. The van der Waals surface area contributed by atoms with Crippen LogP contribution in [0.1, 0.15) is 19.3 Å². The van der Waals surface area contributed by atoms with Crippen molar-refractivity contribution in [3.8, 4) is 0 Å². The first-order chi connectivity index (χ1) is 11.2. The Hall–Kier alpha value is -1.87. The lowest BCUT2D eigenvalue weighted by Crippen LogP contribution is -2.36. The predicted octanol–water partition coefficient (Wildman–Crippen LogP) is 1.04. The second kappa shape index (κ2) is 7.14. The van der Waals surface area contributed by atoms with Crippen LogP contribution in [0, 0.1) is 0 Å². The lowest BCUT2D eigenvalue weighted by Gasteiger charge is -2.30. The summed E-state index contributed by atoms with van der Waals surface area (Å²) in [4.78, 5) is 31.4. The molecule has 124 valence electrons. The van der Waals surface area contributed by atoms with Crippen LogP contribution in [-0.4, -0.2) is 53.5 Å². The number of methoxy groups -OCH3 is 1. The molecule has 0 bridgehead atoms. The van der Waals surface area contributed by atoms with E-state index in [1.54, 1.807) is 0 Å². The maximum Gasteiger partial charge on any atom is 0.308 e. The van der Waals surface area contributed by atoms with E-state index in [2.05, 4.69) is 25.3 Å². The molecular weight excluding hydrogens is 320 g/mol. The first-order valence-corrected chi connectivity index (χ1v) is 8.37. The average molecular weight is 338 g/mol. The number of nitrogens with zero attached hydrogens (tertiary/aromatic N) is 2. The van der Waals surface area contributed by atoms with Crippen LogP contribution in [0.4, 0.5) is 11.5 Å². The molecule has 2 unspecified atom stereocenters. The Bertz CT molecular complexity index is 612. The van der Waals surface area contributed by atoms with Gasteiger partial charge < -0.3 is 20.1 Å². The second-order valence-electron chi connectivity index (χ2n) is 5.38. The Morgan fingerprint density at radius 1 is 1.57 bits per heavy atom. The lowest BCUT2D eigenvalue weighted by molar-refractivity contribution is -0.144. The molecule has 0 aromatic carbocycles. The number of thioether (sulfide) groups is 1. The number of fused-ring (bicyclic) bond motifs is 1. The van der Waals surface area contributed by atoms with Crippen molar-refractivity contribution < 1.29 is 19.1 Å². The van der Waals surface area contributed by atoms with E-state index in [4.69, 9.17) is 4.74 Å². The quantitative estimate of drug-likeness (QED) is 0.620. The molecule has 1 amide bonds. The summed E-state index contributed by atoms with van der Waals surface area (Å²) in [6.07, 6.45) is 3.03. The van der Waals surface area contributed by atoms with Gasteiger partial charge in [0.05, 0.1) is 25.4 Å². The maximum absolute atomic E-state index is 11.6. The standard InChI is InChI=1S/C14H18N4O4S/c1-21-11(20)5-9-4-8(2-3-22-9)17-13-12-14(16-7-15-13)23-6-10(19)18-12/h7-9H,2-6H2,1H3,(H,18,19)(H,15,16,17). The molecule has 3 heterocycles. The van der Waals surface area contributed by atoms with Crippen molar-refractivity contribution >= 4 is 35.1 Å². The Kier molecular flexibility index (Phi) is 4.97. The third-order valence-corrected chi connectivity index (χ3v) is 4.74. The maximum atomic E-state index is 11.6. The van der Waals surface area contributed by atoms with Crippen molar-refractivity contribution in [1.82, 2.24) is 9.97 Å². The summed E-state index contributed by atoms with van der Waals surface area (Å²) in [5, 5.41) is 6.92. The number of esters is 1. The summed E-state index contributed by atoms with van der Waals surface area (Å²) in [7, 11) is 1.37. The summed E-state index contributed by atoms with van der Waals surface area (Å²) < 4.78 is 10.3. The molecule has 2 aliphatic heterocycles. The zero-order chi connectivity index (χ0) is 16.2. The normalized spacial score (nSPS) is 23.6. The van der Waals surface area contributed by atoms with Crippen molar-refractivity contribution in [2.75, 3.05) is 30.1 Å². The van der Waals surface area contributed by atoms with E-state index < -0.39 is 0 Å². The van der Waals surface area contributed by atoms with E-state index in [1.165, 1.54) is 25.2 Å². The van der Waals surface area contributed by atoms with E-state index in [0.717, 1.165) is 11.4 Å². The van der Waals surface area contributed by atoms with E-state index in [0.29, 0.717) is 30.3 Å². The van der Waals surface area contributed by atoms with E-state index in [9.17, 15) is 9.59 Å². The van der Waals surface area contributed by atoms with Gasteiger partial charge >= 0.3 is 5.97 Å². The molecule has 23 heavy (non-hydrogen) atoms. The number of hydrogen-bond acceptors (Lipinski definition) is 8. The van der Waals surface area contributed by atoms with Crippen LogP contribution in [0.5, 0.6) is 0 Å². The van der Waals surface area contributed by atoms with Crippen LogP contribution >= 0.6 is 11.8 Å². The van der Waals surface area contributed by atoms with Crippen LogP contribution in [0.25, 0.3) is 0 Å². The minimum atomic E-state index is -0.279. The van der Waals surface area contributed by atoms with Crippen molar-refractivity contribution in [2.24, 2.45) is 0 Å². The fourth-order valence-corrected chi connectivity index (χ4v) is 3.38. The third kappa shape index (κ3) is 3.91. The molecule has 1 aromatic rings. The van der Waals surface area contributed by atoms with Crippen LogP contribution in [0.15, 0.2) is 11.4 Å². The Labute approximate surface area is 137 Å². The Morgan fingerprint density at radius 2 is 2.43 bits per heavy atom. The third-order valence-electron chi connectivity index (χ3n) is 3.75. The molecular formula is C14H18N4O4S. The highest BCUT2D eigenvalue weighted by atomic mass is 32.2. The van der Waals surface area contributed by atoms with Crippen LogP contribution in [-0.2, 0) is 19.1 Å². The molecule has 8 nitrogen and oxygen atoms in total. The molecule has 0 aliphatic carbocycles. The first kappa shape index (κ1) is 16.0. The van der Waals surface area contributed by atoms with Gasteiger partial charge in [-0.25, -0.2) is 9.97 Å². The van der Waals surface area contributed by atoms with E-state index in [-0.39, 0.29) is 30.4 Å². The molecule has 2 aliphatic rings. The van der Waals surface area contributed by atoms with Gasteiger partial charge in [0, 0.05) is 12.6 Å². The van der Waals surface area contributed by atoms with Gasteiger partial charge in [0.2, 0.25) is 5.91 Å². The number of ether oxygens (including phenoxy) is 2. The van der Waals surface area contributed by atoms with E-state index in [1.807, 2.05) is 0 Å². The van der Waals surface area contributed by atoms with Crippen LogP contribution in [0.2, 0.25) is 0 Å². The van der Waals surface area contributed by atoms with Gasteiger partial charge in [-0.3, -0.25) is 9.59 Å². The smallest absolute Gasteiger partial charge is 0.308 e. The van der Waals surface area contributed by atoms with Gasteiger partial charge in [0.15, 0.2) is 5.82 Å². The monoisotopic (exact) mass is 338 g/mol. The van der Waals surface area contributed by atoms with Gasteiger partial charge in [-0.15, -0.1) is 0 Å². The number of carbonyl (C=O) groups is 2. The second-order valence-corrected chi connectivity index (χ2v) is 6.34. The molecule has 2 atom stereocenters. The first-order valence-electron chi connectivity index (χ1n) is 7.38. The Morgan fingerprint density at radius 3 is 3.26 bits per heavy atom. The summed E-state index contributed by atoms with van der Waals surface area (Å²) in [6.45, 7) is 0.563. The Balaban J connectivity index is 1.67. The van der Waals surface area contributed by atoms with Gasteiger partial charge in [0.25, 0.3) is 0 Å². The molecule has 1 saturated heterocycles. The van der Waals surface area contributed by atoms with Gasteiger partial charge in [-0.05, 0) is 12.8 Å². The number of rotatable bonds is 4. The molecule has 1 fully saturated rings. The summed E-state index contributed by atoms with van der Waals surface area (Å²) in [5.74, 6) is 0.635. The minimum Gasteiger partial charge on any atom is -0.469 e. The number of amides is 1. The number of aromatic nitrogens is 2. The predicted molar refractivity (Wildman–Crippen MR) is 84.4 cm³/mol. The highest BCUT2D eigenvalue weighted by Gasteiger charge is 2.27. The van der Waals surface area contributed by atoms with Gasteiger partial charge in [0.1, 0.15) is 17.0 Å².